The van der Waals surface area contributed by atoms with Gasteiger partial charge in [-0.2, -0.15) is 0 Å². The fourth-order valence-electron chi connectivity index (χ4n) is 3.99. The van der Waals surface area contributed by atoms with Crippen LogP contribution in [0.3, 0.4) is 0 Å². The molecular weight excluding hydrogens is 515 g/mol. The van der Waals surface area contributed by atoms with Gasteiger partial charge in [0.05, 0.1) is 18.1 Å². The number of nitrogens with one attached hydrogen (secondary N) is 2. The zero-order valence-corrected chi connectivity index (χ0v) is 21.0. The third-order valence-electron chi connectivity index (χ3n) is 5.54. The van der Waals surface area contributed by atoms with Gasteiger partial charge < -0.3 is 14.6 Å². The maximum Gasteiger partial charge on any atom is 0.216 e. The molecule has 170 valence electrons. The molecule has 1 unspecified atom stereocenters. The molecule has 0 radical (unpaired) electrons. The zero-order valence-electron chi connectivity index (χ0n) is 17.8. The highest BCUT2D eigenvalue weighted by atomic mass is 127. The first-order chi connectivity index (χ1) is 13.9. The van der Waals surface area contributed by atoms with E-state index in [1.165, 1.54) is 0 Å². The number of hydrogen-bond donors (Lipinski definition) is 2. The second-order valence-electron chi connectivity index (χ2n) is 8.21. The summed E-state index contributed by atoms with van der Waals surface area (Å²) in [6, 6.07) is 3.94. The zero-order chi connectivity index (χ0) is 20.7. The molecule has 3 rings (SSSR count). The van der Waals surface area contributed by atoms with Crippen molar-refractivity contribution in [3.63, 3.8) is 0 Å². The summed E-state index contributed by atoms with van der Waals surface area (Å²) in [6.07, 6.45) is 8.08. The average molecular weight is 551 g/mol. The van der Waals surface area contributed by atoms with Crippen molar-refractivity contribution in [3.05, 3.63) is 36.3 Å². The minimum Gasteiger partial charge on any atom is -0.469 e. The molecule has 0 spiro atoms. The molecule has 1 saturated heterocycles. The first-order valence-corrected chi connectivity index (χ1v) is 12.2. The Bertz CT molecular complexity index is 789. The first-order valence-electron chi connectivity index (χ1n) is 10.7. The Morgan fingerprint density at radius 2 is 2.07 bits per heavy atom. The van der Waals surface area contributed by atoms with E-state index in [1.54, 1.807) is 6.26 Å². The normalized spacial score (nSPS) is 20.8. The van der Waals surface area contributed by atoms with E-state index in [9.17, 15) is 8.42 Å². The number of rotatable bonds is 8. The summed E-state index contributed by atoms with van der Waals surface area (Å²) in [7, 11) is -3.33. The second kappa shape index (κ2) is 12.1. The lowest BCUT2D eigenvalue weighted by Gasteiger charge is -2.35. The molecule has 0 aromatic carbocycles. The summed E-state index contributed by atoms with van der Waals surface area (Å²) in [5.74, 6) is 1.66. The monoisotopic (exact) mass is 550 g/mol. The Balaban J connectivity index is 0.00000320. The SMILES string of the molecule is C=C(C)CN=C(NCCc1ccco1)N1CCCC(S(=O)(=O)NC2CCCC2)C1.I. The van der Waals surface area contributed by atoms with E-state index < -0.39 is 15.3 Å². The largest absolute Gasteiger partial charge is 0.469 e. The van der Waals surface area contributed by atoms with Crippen molar-refractivity contribution in [3.8, 4) is 0 Å². The maximum absolute atomic E-state index is 12.9. The third kappa shape index (κ3) is 7.56. The van der Waals surface area contributed by atoms with E-state index in [4.69, 9.17) is 4.42 Å². The summed E-state index contributed by atoms with van der Waals surface area (Å²) < 4.78 is 34.2. The molecule has 1 saturated carbocycles. The summed E-state index contributed by atoms with van der Waals surface area (Å²) in [6.45, 7) is 8.34. The molecule has 1 atom stereocenters. The van der Waals surface area contributed by atoms with Crippen molar-refractivity contribution in [1.82, 2.24) is 14.9 Å². The van der Waals surface area contributed by atoms with E-state index in [-0.39, 0.29) is 30.0 Å². The fraction of sp³-hybridized carbons (Fsp3) is 0.667. The topological polar surface area (TPSA) is 86.9 Å². The van der Waals surface area contributed by atoms with Crippen molar-refractivity contribution in [2.24, 2.45) is 4.99 Å². The molecule has 1 aromatic rings. The van der Waals surface area contributed by atoms with Crippen LogP contribution in [0, 0.1) is 0 Å². The molecule has 9 heteroatoms. The Labute approximate surface area is 197 Å². The summed E-state index contributed by atoms with van der Waals surface area (Å²) in [4.78, 5) is 6.75. The summed E-state index contributed by atoms with van der Waals surface area (Å²) in [5, 5.41) is 2.98. The van der Waals surface area contributed by atoms with Crippen LogP contribution in [0.25, 0.3) is 0 Å². The number of aliphatic imine (C=N–C) groups is 1. The van der Waals surface area contributed by atoms with E-state index in [0.29, 0.717) is 26.1 Å². The molecule has 1 aromatic heterocycles. The second-order valence-corrected chi connectivity index (χ2v) is 10.2. The Kier molecular flexibility index (Phi) is 10.2. The van der Waals surface area contributed by atoms with Crippen molar-refractivity contribution in [2.75, 3.05) is 26.2 Å². The lowest BCUT2D eigenvalue weighted by molar-refractivity contribution is 0.328. The predicted octanol–water partition coefficient (Wildman–Crippen LogP) is 3.29. The average Bonchev–Trinajstić information content (AvgIpc) is 3.38. The summed E-state index contributed by atoms with van der Waals surface area (Å²) >= 11 is 0. The van der Waals surface area contributed by atoms with Crippen LogP contribution in [-0.4, -0.2) is 56.7 Å². The van der Waals surface area contributed by atoms with Gasteiger partial charge in [0.25, 0.3) is 0 Å². The van der Waals surface area contributed by atoms with Gasteiger partial charge in [-0.1, -0.05) is 25.0 Å². The number of nitrogens with zero attached hydrogens (tertiary/aromatic N) is 2. The number of sulfonamides is 1. The van der Waals surface area contributed by atoms with Gasteiger partial charge >= 0.3 is 0 Å². The van der Waals surface area contributed by atoms with E-state index in [1.807, 2.05) is 19.1 Å². The van der Waals surface area contributed by atoms with Crippen LogP contribution < -0.4 is 10.0 Å². The minimum atomic E-state index is -3.33. The van der Waals surface area contributed by atoms with Crippen molar-refractivity contribution in [2.45, 2.75) is 63.2 Å². The third-order valence-corrected chi connectivity index (χ3v) is 7.46. The lowest BCUT2D eigenvalue weighted by atomic mass is 10.1. The molecule has 1 aliphatic carbocycles. The van der Waals surface area contributed by atoms with Crippen LogP contribution in [0.1, 0.15) is 51.2 Å². The molecule has 0 bridgehead atoms. The van der Waals surface area contributed by atoms with E-state index in [2.05, 4.69) is 26.5 Å². The Hall–Kier alpha value is -1.07. The van der Waals surface area contributed by atoms with E-state index in [0.717, 1.165) is 62.4 Å². The van der Waals surface area contributed by atoms with Gasteiger partial charge in [-0.15, -0.1) is 24.0 Å². The highest BCUT2D eigenvalue weighted by Crippen LogP contribution is 2.22. The van der Waals surface area contributed by atoms with Crippen LogP contribution in [0.2, 0.25) is 0 Å². The van der Waals surface area contributed by atoms with Crippen LogP contribution in [-0.2, 0) is 16.4 Å². The van der Waals surface area contributed by atoms with Crippen molar-refractivity contribution < 1.29 is 12.8 Å². The van der Waals surface area contributed by atoms with Crippen molar-refractivity contribution in [1.29, 1.82) is 0 Å². The van der Waals surface area contributed by atoms with Gasteiger partial charge in [-0.3, -0.25) is 0 Å². The Morgan fingerprint density at radius 3 is 2.73 bits per heavy atom. The molecular formula is C21H35IN4O3S. The molecule has 2 aliphatic rings. The van der Waals surface area contributed by atoms with Gasteiger partial charge in [0.2, 0.25) is 10.0 Å². The Morgan fingerprint density at radius 1 is 1.30 bits per heavy atom. The highest BCUT2D eigenvalue weighted by molar-refractivity contribution is 14.0. The smallest absolute Gasteiger partial charge is 0.216 e. The van der Waals surface area contributed by atoms with Crippen LogP contribution in [0.4, 0.5) is 0 Å². The van der Waals surface area contributed by atoms with Crippen LogP contribution in [0.5, 0.6) is 0 Å². The number of hydrogen-bond acceptors (Lipinski definition) is 4. The van der Waals surface area contributed by atoms with Gasteiger partial charge in [0.1, 0.15) is 5.76 Å². The van der Waals surface area contributed by atoms with Gasteiger partial charge in [-0.05, 0) is 44.7 Å². The minimum absolute atomic E-state index is 0. The molecule has 0 amide bonds. The van der Waals surface area contributed by atoms with Crippen LogP contribution in [0.15, 0.2) is 40.0 Å². The van der Waals surface area contributed by atoms with Gasteiger partial charge in [0.15, 0.2) is 5.96 Å². The highest BCUT2D eigenvalue weighted by Gasteiger charge is 2.34. The number of guanidine groups is 1. The fourth-order valence-corrected chi connectivity index (χ4v) is 5.73. The standard InChI is InChI=1S/C21H34N4O3S.HI/c1-17(2)15-23-21(22-12-11-19-9-6-14-28-19)25-13-5-10-20(16-25)29(26,27)24-18-7-3-4-8-18;/h6,9,14,18,20,24H,1,3-5,7-8,10-13,15-16H2,2H3,(H,22,23);1H. The summed E-state index contributed by atoms with van der Waals surface area (Å²) in [5.41, 5.74) is 0.972. The molecule has 30 heavy (non-hydrogen) atoms. The quantitative estimate of drug-likeness (QED) is 0.225. The molecule has 2 heterocycles. The number of likely N-dealkylation sites (tertiary alicyclic amines) is 1. The van der Waals surface area contributed by atoms with Crippen LogP contribution >= 0.6 is 24.0 Å². The maximum atomic E-state index is 12.9. The molecule has 2 fully saturated rings. The number of piperidine rings is 1. The van der Waals surface area contributed by atoms with E-state index >= 15 is 0 Å². The predicted molar refractivity (Wildman–Crippen MR) is 132 cm³/mol. The molecule has 7 nitrogen and oxygen atoms in total. The first kappa shape index (κ1) is 25.2. The van der Waals surface area contributed by atoms with Gasteiger partial charge in [-0.25, -0.2) is 18.1 Å². The number of halogens is 1. The van der Waals surface area contributed by atoms with Gasteiger partial charge in [0, 0.05) is 32.1 Å². The molecule has 1 aliphatic heterocycles. The molecule has 2 N–H and O–H groups in total. The van der Waals surface area contributed by atoms with Crippen molar-refractivity contribution >= 4 is 40.0 Å². The number of furan rings is 1. The lowest BCUT2D eigenvalue weighted by Crippen LogP contribution is -2.53.